The molecule has 8 nitrogen and oxygen atoms in total. The number of carboxylic acid groups (broad SMARTS) is 1. The number of carboxylic acids is 1. The van der Waals surface area contributed by atoms with Crippen LogP contribution in [0.25, 0.3) is 0 Å². The van der Waals surface area contributed by atoms with Crippen molar-refractivity contribution in [3.8, 4) is 0 Å². The first-order valence-corrected chi connectivity index (χ1v) is 6.33. The number of aldehydes is 1. The van der Waals surface area contributed by atoms with Crippen molar-refractivity contribution in [1.82, 2.24) is 5.32 Å². The minimum Gasteiger partial charge on any atom is -0.478 e. The number of dihydropyridines is 1. The highest BCUT2D eigenvalue weighted by molar-refractivity contribution is 6.31. The number of nitrogens with one attached hydrogen (secondary N) is 1. The molecule has 1 aliphatic rings. The molecule has 0 aliphatic carbocycles. The van der Waals surface area contributed by atoms with Crippen LogP contribution in [-0.2, 0) is 9.59 Å². The summed E-state index contributed by atoms with van der Waals surface area (Å²) in [4.78, 5) is 32.8. The van der Waals surface area contributed by atoms with Gasteiger partial charge in [-0.05, 0) is 5.56 Å². The molecule has 1 aliphatic heterocycles. The van der Waals surface area contributed by atoms with Crippen molar-refractivity contribution in [2.24, 2.45) is 5.73 Å². The van der Waals surface area contributed by atoms with Gasteiger partial charge < -0.3 is 16.2 Å². The molecule has 1 aromatic carbocycles. The molecule has 1 heterocycles. The highest BCUT2D eigenvalue weighted by Gasteiger charge is 2.34. The van der Waals surface area contributed by atoms with Gasteiger partial charge in [-0.2, -0.15) is 0 Å². The van der Waals surface area contributed by atoms with Crippen molar-refractivity contribution >= 4 is 29.5 Å². The number of carbonyl (C=O) groups excluding carboxylic acids is 1. The van der Waals surface area contributed by atoms with E-state index in [9.17, 15) is 24.8 Å². The van der Waals surface area contributed by atoms with Gasteiger partial charge in [-0.15, -0.1) is 0 Å². The lowest BCUT2D eigenvalue weighted by molar-refractivity contribution is -0.384. The van der Waals surface area contributed by atoms with Crippen LogP contribution < -0.4 is 11.1 Å². The maximum absolute atomic E-state index is 11.4. The van der Waals surface area contributed by atoms with E-state index in [1.54, 1.807) is 0 Å². The number of nitro benzene ring substituents is 1. The van der Waals surface area contributed by atoms with Crippen LogP contribution in [0, 0.1) is 10.1 Å². The topological polar surface area (TPSA) is 136 Å². The number of nitrogens with zero attached hydrogens (tertiary/aromatic N) is 1. The smallest absolute Gasteiger partial charge is 0.336 e. The minimum absolute atomic E-state index is 0.0119. The van der Waals surface area contributed by atoms with E-state index < -0.39 is 16.8 Å². The summed E-state index contributed by atoms with van der Waals surface area (Å²) in [5, 5.41) is 22.3. The maximum Gasteiger partial charge on any atom is 0.336 e. The standard InChI is InChI=1S/C13H10ClN3O5/c14-11-8(5-18)9(10(13(19)20)12(15)16-11)6-1-3-7(4-2-6)17(21)22/h1-5,9,16H,15H2,(H,19,20)/t9-/m0/s1. The quantitative estimate of drug-likeness (QED) is 0.327. The fourth-order valence-electron chi connectivity index (χ4n) is 2.19. The average Bonchev–Trinajstić information content (AvgIpc) is 2.46. The van der Waals surface area contributed by atoms with Gasteiger partial charge in [0.05, 0.1) is 16.4 Å². The lowest BCUT2D eigenvalue weighted by Crippen LogP contribution is -2.32. The number of aliphatic carboxylic acids is 1. The summed E-state index contributed by atoms with van der Waals surface area (Å²) in [7, 11) is 0. The zero-order valence-corrected chi connectivity index (χ0v) is 11.7. The lowest BCUT2D eigenvalue weighted by atomic mass is 9.83. The Kier molecular flexibility index (Phi) is 4.13. The molecular formula is C13H10ClN3O5. The molecule has 22 heavy (non-hydrogen) atoms. The van der Waals surface area contributed by atoms with Gasteiger partial charge in [0.25, 0.3) is 5.69 Å². The molecule has 0 radical (unpaired) electrons. The van der Waals surface area contributed by atoms with E-state index in [1.807, 2.05) is 0 Å². The predicted molar refractivity (Wildman–Crippen MR) is 76.8 cm³/mol. The fourth-order valence-corrected chi connectivity index (χ4v) is 2.44. The van der Waals surface area contributed by atoms with Crippen molar-refractivity contribution in [3.63, 3.8) is 0 Å². The van der Waals surface area contributed by atoms with Crippen LogP contribution in [0.3, 0.4) is 0 Å². The summed E-state index contributed by atoms with van der Waals surface area (Å²) in [5.41, 5.74) is 5.57. The Balaban J connectivity index is 2.59. The van der Waals surface area contributed by atoms with Crippen molar-refractivity contribution in [3.05, 3.63) is 62.1 Å². The third-order valence-electron chi connectivity index (χ3n) is 3.18. The van der Waals surface area contributed by atoms with Crippen molar-refractivity contribution in [2.45, 2.75) is 5.92 Å². The van der Waals surface area contributed by atoms with Crippen molar-refractivity contribution in [2.75, 3.05) is 0 Å². The van der Waals surface area contributed by atoms with Gasteiger partial charge in [0.15, 0.2) is 0 Å². The molecule has 114 valence electrons. The zero-order chi connectivity index (χ0) is 16.4. The molecular weight excluding hydrogens is 314 g/mol. The van der Waals surface area contributed by atoms with Crippen LogP contribution in [0.2, 0.25) is 0 Å². The maximum atomic E-state index is 11.4. The SMILES string of the molecule is NC1=C(C(=O)O)[C@@H](c2ccc([N+](=O)[O-])cc2)C(C=O)=C(Cl)N1. The molecule has 0 fully saturated rings. The summed E-state index contributed by atoms with van der Waals surface area (Å²) in [6.45, 7) is 0. The number of benzene rings is 1. The molecule has 0 unspecified atom stereocenters. The van der Waals surface area contributed by atoms with E-state index in [0.29, 0.717) is 11.8 Å². The third-order valence-corrected chi connectivity index (χ3v) is 3.50. The number of rotatable bonds is 4. The molecule has 0 amide bonds. The Bertz CT molecular complexity index is 724. The number of allylic oxidation sites excluding steroid dienone is 1. The predicted octanol–water partition coefficient (Wildman–Crippen LogP) is 1.19. The van der Waals surface area contributed by atoms with Crippen LogP contribution in [-0.4, -0.2) is 22.3 Å². The summed E-state index contributed by atoms with van der Waals surface area (Å²) >= 11 is 5.90. The summed E-state index contributed by atoms with van der Waals surface area (Å²) < 4.78 is 0. The molecule has 2 rings (SSSR count). The number of hydrogen-bond donors (Lipinski definition) is 3. The van der Waals surface area contributed by atoms with E-state index in [2.05, 4.69) is 5.32 Å². The minimum atomic E-state index is -1.32. The van der Waals surface area contributed by atoms with Crippen molar-refractivity contribution < 1.29 is 19.6 Å². The lowest BCUT2D eigenvalue weighted by Gasteiger charge is -2.26. The largest absolute Gasteiger partial charge is 0.478 e. The number of nitrogens with two attached hydrogens (primary N) is 1. The Morgan fingerprint density at radius 3 is 2.45 bits per heavy atom. The first kappa shape index (κ1) is 15.5. The number of carbonyl (C=O) groups is 2. The van der Waals surface area contributed by atoms with Crippen LogP contribution in [0.1, 0.15) is 11.5 Å². The molecule has 1 aromatic rings. The van der Waals surface area contributed by atoms with Gasteiger partial charge in [-0.1, -0.05) is 23.7 Å². The molecule has 0 aromatic heterocycles. The summed E-state index contributed by atoms with van der Waals surface area (Å²) in [5.74, 6) is -2.52. The normalized spacial score (nSPS) is 18.0. The Morgan fingerprint density at radius 1 is 1.41 bits per heavy atom. The van der Waals surface area contributed by atoms with Gasteiger partial charge in [0, 0.05) is 17.7 Å². The van der Waals surface area contributed by atoms with Crippen LogP contribution in [0.15, 0.2) is 46.4 Å². The van der Waals surface area contributed by atoms with Gasteiger partial charge in [-0.25, -0.2) is 4.79 Å². The van der Waals surface area contributed by atoms with Gasteiger partial charge in [0.2, 0.25) is 0 Å². The van der Waals surface area contributed by atoms with Gasteiger partial charge in [0.1, 0.15) is 17.3 Å². The molecule has 1 atom stereocenters. The molecule has 0 spiro atoms. The van der Waals surface area contributed by atoms with E-state index in [1.165, 1.54) is 24.3 Å². The van der Waals surface area contributed by atoms with Crippen molar-refractivity contribution in [1.29, 1.82) is 0 Å². The van der Waals surface area contributed by atoms with E-state index in [-0.39, 0.29) is 27.8 Å². The van der Waals surface area contributed by atoms with E-state index in [0.717, 1.165) is 0 Å². The molecule has 0 saturated heterocycles. The second kappa shape index (κ2) is 5.86. The molecule has 0 bridgehead atoms. The Morgan fingerprint density at radius 2 is 2.00 bits per heavy atom. The Labute approximate surface area is 129 Å². The second-order valence-corrected chi connectivity index (χ2v) is 4.80. The molecule has 4 N–H and O–H groups in total. The van der Waals surface area contributed by atoms with E-state index >= 15 is 0 Å². The highest BCUT2D eigenvalue weighted by atomic mass is 35.5. The number of hydrogen-bond acceptors (Lipinski definition) is 6. The molecule has 0 saturated carbocycles. The zero-order valence-electron chi connectivity index (χ0n) is 10.9. The number of nitro groups is 1. The van der Waals surface area contributed by atoms with Gasteiger partial charge >= 0.3 is 5.97 Å². The monoisotopic (exact) mass is 323 g/mol. The highest BCUT2D eigenvalue weighted by Crippen LogP contribution is 2.37. The van der Waals surface area contributed by atoms with Gasteiger partial charge in [-0.3, -0.25) is 14.9 Å². The average molecular weight is 324 g/mol. The summed E-state index contributed by atoms with van der Waals surface area (Å²) in [6, 6.07) is 5.14. The first-order valence-electron chi connectivity index (χ1n) is 5.96. The first-order chi connectivity index (χ1) is 10.4. The van der Waals surface area contributed by atoms with Crippen LogP contribution >= 0.6 is 11.6 Å². The second-order valence-electron chi connectivity index (χ2n) is 4.43. The Hall–Kier alpha value is -2.87. The molecule has 9 heteroatoms. The van der Waals surface area contributed by atoms with E-state index in [4.69, 9.17) is 17.3 Å². The summed E-state index contributed by atoms with van der Waals surface area (Å²) in [6.07, 6.45) is 0.427. The number of halogens is 1. The third kappa shape index (κ3) is 2.63. The fraction of sp³-hybridized carbons (Fsp3) is 0.0769. The number of non-ortho nitro benzene ring substituents is 1. The van der Waals surface area contributed by atoms with Crippen LogP contribution in [0.4, 0.5) is 5.69 Å². The van der Waals surface area contributed by atoms with Crippen LogP contribution in [0.5, 0.6) is 0 Å².